The van der Waals surface area contributed by atoms with Crippen molar-refractivity contribution in [2.75, 3.05) is 43.5 Å². The molecule has 4 rings (SSSR count). The van der Waals surface area contributed by atoms with Crippen molar-refractivity contribution in [3.05, 3.63) is 77.4 Å². The molecular weight excluding hydrogens is 530 g/mol. The van der Waals surface area contributed by atoms with Crippen LogP contribution in [0.1, 0.15) is 21.5 Å². The Bertz CT molecular complexity index is 1550. The van der Waals surface area contributed by atoms with Crippen LogP contribution in [0.3, 0.4) is 0 Å². The van der Waals surface area contributed by atoms with E-state index < -0.39 is 26.0 Å². The lowest BCUT2D eigenvalue weighted by molar-refractivity contribution is 0.0730. The number of methoxy groups -OCH3 is 1. The summed E-state index contributed by atoms with van der Waals surface area (Å²) in [6, 6.07) is 15.0. The molecule has 0 aromatic heterocycles. The second-order valence-electron chi connectivity index (χ2n) is 8.76. The summed E-state index contributed by atoms with van der Waals surface area (Å²) in [7, 11) is -6.29. The molecule has 0 saturated carbocycles. The molecular formula is C26H29N3O7S2. The van der Waals surface area contributed by atoms with Gasteiger partial charge in [0, 0.05) is 24.5 Å². The molecule has 0 aliphatic carbocycles. The van der Waals surface area contributed by atoms with Crippen molar-refractivity contribution in [1.82, 2.24) is 4.31 Å². The van der Waals surface area contributed by atoms with Crippen molar-refractivity contribution in [2.45, 2.75) is 23.6 Å². The van der Waals surface area contributed by atoms with E-state index in [2.05, 4.69) is 10.0 Å². The van der Waals surface area contributed by atoms with Crippen LogP contribution in [0.2, 0.25) is 0 Å². The standard InChI is InChI=1S/C26H29N3O7S2/c1-18-4-5-21(16-19(18)2)28-37(31,32)22-8-6-20(7-9-22)27-26(30)24-17-23(10-11-25(24)35-3)38(33,34)29-12-14-36-15-13-29/h4-11,16-17,28H,12-15H2,1-3H3,(H,27,30). The Kier molecular flexibility index (Phi) is 8.07. The maximum Gasteiger partial charge on any atom is 0.261 e. The van der Waals surface area contributed by atoms with Crippen LogP contribution in [-0.2, 0) is 24.8 Å². The number of rotatable bonds is 8. The molecule has 1 amide bonds. The monoisotopic (exact) mass is 559 g/mol. The fourth-order valence-electron chi connectivity index (χ4n) is 3.90. The number of benzene rings is 3. The number of morpholine rings is 1. The zero-order valence-corrected chi connectivity index (χ0v) is 22.9. The van der Waals surface area contributed by atoms with E-state index in [1.54, 1.807) is 12.1 Å². The molecule has 1 aliphatic rings. The van der Waals surface area contributed by atoms with Crippen LogP contribution in [0.5, 0.6) is 5.75 Å². The van der Waals surface area contributed by atoms with Gasteiger partial charge in [0.05, 0.1) is 35.7 Å². The maximum atomic E-state index is 13.1. The predicted octanol–water partition coefficient (Wildman–Crippen LogP) is 3.39. The zero-order valence-electron chi connectivity index (χ0n) is 21.2. The van der Waals surface area contributed by atoms with Crippen molar-refractivity contribution < 1.29 is 31.1 Å². The number of amides is 1. The van der Waals surface area contributed by atoms with Crippen molar-refractivity contribution in [2.24, 2.45) is 0 Å². The predicted molar refractivity (Wildman–Crippen MR) is 144 cm³/mol. The highest BCUT2D eigenvalue weighted by Crippen LogP contribution is 2.27. The average molecular weight is 560 g/mol. The minimum absolute atomic E-state index is 0.0184. The number of sulfonamides is 2. The van der Waals surface area contributed by atoms with Crippen molar-refractivity contribution >= 4 is 37.3 Å². The Morgan fingerprint density at radius 3 is 2.11 bits per heavy atom. The summed E-state index contributed by atoms with van der Waals surface area (Å²) in [5.41, 5.74) is 2.80. The molecule has 10 nitrogen and oxygen atoms in total. The third kappa shape index (κ3) is 5.99. The highest BCUT2D eigenvalue weighted by Gasteiger charge is 2.28. The van der Waals surface area contributed by atoms with Gasteiger partial charge >= 0.3 is 0 Å². The molecule has 0 atom stereocenters. The van der Waals surface area contributed by atoms with E-state index >= 15 is 0 Å². The third-order valence-corrected chi connectivity index (χ3v) is 9.50. The van der Waals surface area contributed by atoms with Gasteiger partial charge in [-0.2, -0.15) is 4.31 Å². The zero-order chi connectivity index (χ0) is 27.5. The van der Waals surface area contributed by atoms with Gasteiger partial charge in [0.1, 0.15) is 5.75 Å². The quantitative estimate of drug-likeness (QED) is 0.433. The minimum Gasteiger partial charge on any atom is -0.496 e. The van der Waals surface area contributed by atoms with E-state index in [-0.39, 0.29) is 34.2 Å². The summed E-state index contributed by atoms with van der Waals surface area (Å²) in [5.74, 6) is -0.412. The number of anilines is 2. The van der Waals surface area contributed by atoms with E-state index in [0.717, 1.165) is 11.1 Å². The molecule has 202 valence electrons. The van der Waals surface area contributed by atoms with Crippen LogP contribution in [0.15, 0.2) is 70.5 Å². The SMILES string of the molecule is COc1ccc(S(=O)(=O)N2CCOCC2)cc1C(=O)Nc1ccc(S(=O)(=O)Nc2ccc(C)c(C)c2)cc1. The smallest absolute Gasteiger partial charge is 0.261 e. The second-order valence-corrected chi connectivity index (χ2v) is 12.4. The lowest BCUT2D eigenvalue weighted by Gasteiger charge is -2.26. The van der Waals surface area contributed by atoms with Crippen molar-refractivity contribution in [1.29, 1.82) is 0 Å². The van der Waals surface area contributed by atoms with Gasteiger partial charge in [-0.1, -0.05) is 6.07 Å². The molecule has 3 aromatic carbocycles. The molecule has 1 fully saturated rings. The van der Waals surface area contributed by atoms with Gasteiger partial charge in [0.2, 0.25) is 10.0 Å². The Hall–Kier alpha value is -3.45. The Morgan fingerprint density at radius 1 is 0.842 bits per heavy atom. The summed E-state index contributed by atoms with van der Waals surface area (Å²) in [6.07, 6.45) is 0. The number of ether oxygens (including phenoxy) is 2. The molecule has 1 heterocycles. The number of carbonyl (C=O) groups excluding carboxylic acids is 1. The lowest BCUT2D eigenvalue weighted by Crippen LogP contribution is -2.40. The number of carbonyl (C=O) groups is 1. The van der Waals surface area contributed by atoms with Gasteiger partial charge in [0.15, 0.2) is 0 Å². The van der Waals surface area contributed by atoms with Crippen molar-refractivity contribution in [3.8, 4) is 5.75 Å². The first-order valence-electron chi connectivity index (χ1n) is 11.8. The van der Waals surface area contributed by atoms with Gasteiger partial charge in [-0.15, -0.1) is 0 Å². The highest BCUT2D eigenvalue weighted by atomic mass is 32.2. The Morgan fingerprint density at radius 2 is 1.47 bits per heavy atom. The summed E-state index contributed by atoms with van der Waals surface area (Å²) < 4.78 is 66.1. The number of nitrogens with zero attached hydrogens (tertiary/aromatic N) is 1. The topological polar surface area (TPSA) is 131 Å². The van der Waals surface area contributed by atoms with E-state index in [4.69, 9.17) is 9.47 Å². The molecule has 0 radical (unpaired) electrons. The summed E-state index contributed by atoms with van der Waals surface area (Å²) in [4.78, 5) is 13.1. The van der Waals surface area contributed by atoms with Crippen molar-refractivity contribution in [3.63, 3.8) is 0 Å². The normalized spacial score (nSPS) is 14.6. The van der Waals surface area contributed by atoms with Crippen LogP contribution in [0.25, 0.3) is 0 Å². The first kappa shape index (κ1) is 27.6. The summed E-state index contributed by atoms with van der Waals surface area (Å²) >= 11 is 0. The molecule has 1 aliphatic heterocycles. The van der Waals surface area contributed by atoms with E-state index in [9.17, 15) is 21.6 Å². The fraction of sp³-hybridized carbons (Fsp3) is 0.269. The summed E-state index contributed by atoms with van der Waals surface area (Å²) in [6.45, 7) is 4.89. The molecule has 0 spiro atoms. The second kappa shape index (κ2) is 11.1. The summed E-state index contributed by atoms with van der Waals surface area (Å²) in [5, 5.41) is 2.67. The van der Waals surface area contributed by atoms with Crippen LogP contribution in [-0.4, -0.2) is 60.5 Å². The Balaban J connectivity index is 1.52. The van der Waals surface area contributed by atoms with Crippen LogP contribution < -0.4 is 14.8 Å². The number of hydrogen-bond donors (Lipinski definition) is 2. The van der Waals surface area contributed by atoms with Gasteiger partial charge < -0.3 is 14.8 Å². The largest absolute Gasteiger partial charge is 0.496 e. The molecule has 0 unspecified atom stereocenters. The first-order chi connectivity index (χ1) is 18.0. The fourth-order valence-corrected chi connectivity index (χ4v) is 6.38. The molecule has 0 bridgehead atoms. The first-order valence-corrected chi connectivity index (χ1v) is 14.7. The number of hydrogen-bond acceptors (Lipinski definition) is 7. The number of nitrogens with one attached hydrogen (secondary N) is 2. The molecule has 3 aromatic rings. The third-order valence-electron chi connectivity index (χ3n) is 6.21. The van der Waals surface area contributed by atoms with Gasteiger partial charge in [0.25, 0.3) is 15.9 Å². The van der Waals surface area contributed by atoms with Crippen LogP contribution in [0.4, 0.5) is 11.4 Å². The van der Waals surface area contributed by atoms with Crippen LogP contribution in [0, 0.1) is 13.8 Å². The lowest BCUT2D eigenvalue weighted by atomic mass is 10.1. The van der Waals surface area contributed by atoms with Crippen LogP contribution >= 0.6 is 0 Å². The average Bonchev–Trinajstić information content (AvgIpc) is 2.91. The van der Waals surface area contributed by atoms with Gasteiger partial charge in [-0.25, -0.2) is 16.8 Å². The minimum atomic E-state index is -3.85. The molecule has 38 heavy (non-hydrogen) atoms. The van der Waals surface area contributed by atoms with Gasteiger partial charge in [-0.3, -0.25) is 9.52 Å². The number of aryl methyl sites for hydroxylation is 2. The van der Waals surface area contributed by atoms with E-state index in [1.165, 1.54) is 53.9 Å². The van der Waals surface area contributed by atoms with Gasteiger partial charge in [-0.05, 0) is 79.6 Å². The highest BCUT2D eigenvalue weighted by molar-refractivity contribution is 7.92. The molecule has 12 heteroatoms. The Labute approximate surface area is 222 Å². The van der Waals surface area contributed by atoms with E-state index in [1.807, 2.05) is 19.9 Å². The molecule has 2 N–H and O–H groups in total. The molecule has 1 saturated heterocycles. The van der Waals surface area contributed by atoms with E-state index in [0.29, 0.717) is 24.6 Å². The maximum absolute atomic E-state index is 13.1.